The van der Waals surface area contributed by atoms with Crippen LogP contribution in [0.4, 0.5) is 0 Å². The number of hydrogen-bond donors (Lipinski definition) is 0. The van der Waals surface area contributed by atoms with Crippen LogP contribution in [-0.2, 0) is 9.47 Å². The molecule has 0 rings (SSSR count). The minimum Gasteiger partial charge on any atom is -0.504 e. The lowest BCUT2D eigenvalue weighted by molar-refractivity contribution is 0.281. The Hall–Kier alpha value is -1.70. The second-order valence-corrected chi connectivity index (χ2v) is 4.07. The zero-order chi connectivity index (χ0) is 14.5. The van der Waals surface area contributed by atoms with E-state index in [2.05, 4.69) is 38.2 Å². The van der Waals surface area contributed by atoms with Crippen molar-refractivity contribution >= 4 is 0 Å². The van der Waals surface area contributed by atoms with Gasteiger partial charge in [0.1, 0.15) is 0 Å². The molecule has 0 aliphatic rings. The molecule has 0 aromatic carbocycles. The monoisotopic (exact) mass is 262 g/mol. The molecule has 2 heteroatoms. The normalized spacial score (nSPS) is 14.5. The van der Waals surface area contributed by atoms with Gasteiger partial charge in [0.25, 0.3) is 0 Å². The van der Waals surface area contributed by atoms with Crippen LogP contribution >= 0.6 is 0 Å². The average Bonchev–Trinajstić information content (AvgIpc) is 2.43. The summed E-state index contributed by atoms with van der Waals surface area (Å²) in [5, 5.41) is 0. The lowest BCUT2D eigenvalue weighted by Gasteiger charge is -2.05. The first-order valence-electron chi connectivity index (χ1n) is 6.61. The molecular formula is C17H26O2. The smallest absolute Gasteiger partial charge is 0.0952 e. The van der Waals surface area contributed by atoms with Gasteiger partial charge in [-0.05, 0) is 43.6 Å². The van der Waals surface area contributed by atoms with Gasteiger partial charge in [0.2, 0.25) is 0 Å². The number of ether oxygens (including phenoxy) is 2. The largest absolute Gasteiger partial charge is 0.504 e. The van der Waals surface area contributed by atoms with E-state index in [0.29, 0.717) is 0 Å². The summed E-state index contributed by atoms with van der Waals surface area (Å²) in [6.07, 6.45) is 15.8. The van der Waals surface area contributed by atoms with Crippen LogP contribution in [0.5, 0.6) is 0 Å². The van der Waals surface area contributed by atoms with Crippen LogP contribution < -0.4 is 0 Å². The summed E-state index contributed by atoms with van der Waals surface area (Å²) in [6.45, 7) is 6.22. The van der Waals surface area contributed by atoms with Crippen LogP contribution in [0.2, 0.25) is 0 Å². The van der Waals surface area contributed by atoms with E-state index in [1.807, 2.05) is 19.1 Å². The van der Waals surface area contributed by atoms with Crippen molar-refractivity contribution in [1.82, 2.24) is 0 Å². The zero-order valence-corrected chi connectivity index (χ0v) is 12.8. The van der Waals surface area contributed by atoms with E-state index in [0.717, 1.165) is 18.6 Å². The lowest BCUT2D eigenvalue weighted by atomic mass is 10.0. The van der Waals surface area contributed by atoms with E-state index < -0.39 is 0 Å². The van der Waals surface area contributed by atoms with E-state index in [1.165, 1.54) is 11.1 Å². The summed E-state index contributed by atoms with van der Waals surface area (Å²) in [7, 11) is 3.35. The van der Waals surface area contributed by atoms with Gasteiger partial charge in [-0.3, -0.25) is 0 Å². The summed E-state index contributed by atoms with van der Waals surface area (Å²) in [5.74, 6) is 0.983. The maximum absolute atomic E-state index is 5.26. The van der Waals surface area contributed by atoms with Crippen LogP contribution in [-0.4, -0.2) is 14.2 Å². The van der Waals surface area contributed by atoms with Crippen molar-refractivity contribution in [3.05, 3.63) is 59.6 Å². The Balaban J connectivity index is 5.03. The molecule has 2 nitrogen and oxygen atoms in total. The SMILES string of the molecule is C/C=C\CC(=C\C=C\OC)/C(C)=C/C=C(\CC)OC. The predicted octanol–water partition coefficient (Wildman–Crippen LogP) is 4.93. The number of allylic oxidation sites excluding steroid dienone is 9. The Bertz CT molecular complexity index is 376. The molecule has 0 aromatic rings. The van der Waals surface area contributed by atoms with Gasteiger partial charge in [0.05, 0.1) is 26.2 Å². The fourth-order valence-electron chi connectivity index (χ4n) is 1.49. The summed E-state index contributed by atoms with van der Waals surface area (Å²) in [6, 6.07) is 0. The van der Waals surface area contributed by atoms with Crippen LogP contribution in [0.1, 0.15) is 33.6 Å². The molecule has 0 heterocycles. The Kier molecular flexibility index (Phi) is 10.4. The minimum atomic E-state index is 0.901. The van der Waals surface area contributed by atoms with E-state index in [4.69, 9.17) is 9.47 Å². The summed E-state index contributed by atoms with van der Waals surface area (Å²) in [4.78, 5) is 0. The molecule has 106 valence electrons. The Morgan fingerprint density at radius 1 is 1.11 bits per heavy atom. The second-order valence-electron chi connectivity index (χ2n) is 4.07. The molecule has 0 aromatic heterocycles. The molecule has 0 saturated heterocycles. The van der Waals surface area contributed by atoms with Crippen molar-refractivity contribution in [3.63, 3.8) is 0 Å². The van der Waals surface area contributed by atoms with Gasteiger partial charge in [-0.15, -0.1) is 0 Å². The first-order valence-corrected chi connectivity index (χ1v) is 6.61. The molecule has 0 fully saturated rings. The predicted molar refractivity (Wildman–Crippen MR) is 82.8 cm³/mol. The van der Waals surface area contributed by atoms with Gasteiger partial charge in [-0.1, -0.05) is 31.2 Å². The van der Waals surface area contributed by atoms with Crippen molar-refractivity contribution < 1.29 is 9.47 Å². The highest BCUT2D eigenvalue weighted by Gasteiger charge is 1.97. The van der Waals surface area contributed by atoms with Crippen LogP contribution in [0, 0.1) is 0 Å². The highest BCUT2D eigenvalue weighted by molar-refractivity contribution is 5.36. The molecule has 0 atom stereocenters. The van der Waals surface area contributed by atoms with E-state index in [1.54, 1.807) is 20.5 Å². The van der Waals surface area contributed by atoms with Crippen molar-refractivity contribution in [1.29, 1.82) is 0 Å². The highest BCUT2D eigenvalue weighted by atomic mass is 16.5. The molecular weight excluding hydrogens is 236 g/mol. The first kappa shape index (κ1) is 17.3. The molecule has 0 amide bonds. The van der Waals surface area contributed by atoms with E-state index >= 15 is 0 Å². The number of methoxy groups -OCH3 is 2. The maximum Gasteiger partial charge on any atom is 0.0952 e. The molecule has 0 N–H and O–H groups in total. The third kappa shape index (κ3) is 8.09. The molecule has 19 heavy (non-hydrogen) atoms. The molecule has 0 saturated carbocycles. The Morgan fingerprint density at radius 2 is 1.84 bits per heavy atom. The fourth-order valence-corrected chi connectivity index (χ4v) is 1.49. The summed E-state index contributed by atoms with van der Waals surface area (Å²) < 4.78 is 10.2. The van der Waals surface area contributed by atoms with E-state index in [-0.39, 0.29) is 0 Å². The molecule has 0 bridgehead atoms. The summed E-state index contributed by atoms with van der Waals surface area (Å²) >= 11 is 0. The highest BCUT2D eigenvalue weighted by Crippen LogP contribution is 2.16. The molecule has 0 unspecified atom stereocenters. The van der Waals surface area contributed by atoms with Crippen LogP contribution in [0.15, 0.2) is 59.6 Å². The van der Waals surface area contributed by atoms with Crippen LogP contribution in [0.25, 0.3) is 0 Å². The summed E-state index contributed by atoms with van der Waals surface area (Å²) in [5.41, 5.74) is 2.48. The standard InChI is InChI=1S/C17H26O2/c1-6-8-10-16(11-9-14-18-4)15(3)12-13-17(7-2)19-5/h6,8-9,11-14H,7,10H2,1-5H3/b8-6-,14-9+,15-12+,16-11+,17-13+. The topological polar surface area (TPSA) is 18.5 Å². The molecule has 0 aliphatic carbocycles. The fraction of sp³-hybridized carbons (Fsp3) is 0.412. The third-order valence-electron chi connectivity index (χ3n) is 2.72. The molecule has 0 spiro atoms. The lowest BCUT2D eigenvalue weighted by Crippen LogP contribution is -1.86. The van der Waals surface area contributed by atoms with Gasteiger partial charge < -0.3 is 9.47 Å². The van der Waals surface area contributed by atoms with Gasteiger partial charge in [-0.25, -0.2) is 0 Å². The van der Waals surface area contributed by atoms with Crippen molar-refractivity contribution in [3.8, 4) is 0 Å². The van der Waals surface area contributed by atoms with Gasteiger partial charge in [0, 0.05) is 6.42 Å². The third-order valence-corrected chi connectivity index (χ3v) is 2.72. The van der Waals surface area contributed by atoms with Gasteiger partial charge >= 0.3 is 0 Å². The average molecular weight is 262 g/mol. The van der Waals surface area contributed by atoms with Crippen molar-refractivity contribution in [2.24, 2.45) is 0 Å². The second kappa shape index (κ2) is 11.4. The molecule has 0 radical (unpaired) electrons. The maximum atomic E-state index is 5.26. The van der Waals surface area contributed by atoms with Crippen molar-refractivity contribution in [2.75, 3.05) is 14.2 Å². The van der Waals surface area contributed by atoms with Gasteiger partial charge in [0.15, 0.2) is 0 Å². The Morgan fingerprint density at radius 3 is 2.37 bits per heavy atom. The quantitative estimate of drug-likeness (QED) is 0.351. The number of hydrogen-bond acceptors (Lipinski definition) is 2. The zero-order valence-electron chi connectivity index (χ0n) is 12.8. The minimum absolute atomic E-state index is 0.901. The number of rotatable bonds is 8. The Labute approximate surface area is 117 Å². The first-order chi connectivity index (χ1) is 9.19. The van der Waals surface area contributed by atoms with Crippen LogP contribution in [0.3, 0.4) is 0 Å². The molecule has 0 aliphatic heterocycles. The van der Waals surface area contributed by atoms with Crippen molar-refractivity contribution in [2.45, 2.75) is 33.6 Å². The van der Waals surface area contributed by atoms with E-state index in [9.17, 15) is 0 Å². The van der Waals surface area contributed by atoms with Gasteiger partial charge in [-0.2, -0.15) is 0 Å².